The monoisotopic (exact) mass is 492 g/mol. The molecule has 4 rings (SSSR count). The van der Waals surface area contributed by atoms with Gasteiger partial charge in [0.25, 0.3) is 11.8 Å². The number of thiophene rings is 1. The predicted octanol–water partition coefficient (Wildman–Crippen LogP) is 6.18. The van der Waals surface area contributed by atoms with Gasteiger partial charge in [0, 0.05) is 4.88 Å². The van der Waals surface area contributed by atoms with E-state index in [1.54, 1.807) is 31.4 Å². The Morgan fingerprint density at radius 1 is 1.03 bits per heavy atom. The fraction of sp³-hybridized carbons (Fsp3) is 0.357. The molecule has 0 saturated heterocycles. The number of benzene rings is 2. The van der Waals surface area contributed by atoms with Gasteiger partial charge in [0.1, 0.15) is 16.5 Å². The molecule has 1 aliphatic carbocycles. The van der Waals surface area contributed by atoms with Gasteiger partial charge in [-0.1, -0.05) is 51.1 Å². The highest BCUT2D eigenvalue weighted by atomic mass is 32.1. The molecule has 1 atom stereocenters. The molecule has 2 N–H and O–H groups in total. The highest BCUT2D eigenvalue weighted by molar-refractivity contribution is 7.17. The molecule has 0 saturated carbocycles. The molecule has 0 spiro atoms. The van der Waals surface area contributed by atoms with Gasteiger partial charge < -0.3 is 20.1 Å². The molecule has 0 aliphatic heterocycles. The highest BCUT2D eigenvalue weighted by Gasteiger charge is 2.34. The van der Waals surface area contributed by atoms with E-state index in [0.717, 1.165) is 24.8 Å². The normalized spacial score (nSPS) is 15.1. The molecular formula is C28H32N2O4S. The lowest BCUT2D eigenvalue weighted by Crippen LogP contribution is -2.27. The van der Waals surface area contributed by atoms with Crippen LogP contribution < -0.4 is 20.1 Å². The number of methoxy groups -OCH3 is 1. The first-order chi connectivity index (χ1) is 16.8. The van der Waals surface area contributed by atoms with E-state index in [1.807, 2.05) is 30.3 Å². The molecule has 0 unspecified atom stereocenters. The average molecular weight is 493 g/mol. The van der Waals surface area contributed by atoms with E-state index in [1.165, 1.54) is 16.2 Å². The zero-order chi connectivity index (χ0) is 25.0. The van der Waals surface area contributed by atoms with Gasteiger partial charge in [-0.2, -0.15) is 0 Å². The van der Waals surface area contributed by atoms with Crippen LogP contribution in [-0.2, 0) is 17.6 Å². The summed E-state index contributed by atoms with van der Waals surface area (Å²) < 4.78 is 11.0. The van der Waals surface area contributed by atoms with Gasteiger partial charge in [0.2, 0.25) is 0 Å². The Morgan fingerprint density at radius 3 is 2.46 bits per heavy atom. The summed E-state index contributed by atoms with van der Waals surface area (Å²) in [6, 6.07) is 16.5. The Hall–Kier alpha value is -3.32. The first-order valence-electron chi connectivity index (χ1n) is 11.8. The third-order valence-electron chi connectivity index (χ3n) is 6.44. The molecule has 2 amide bonds. The van der Waals surface area contributed by atoms with Crippen LogP contribution in [0.5, 0.6) is 11.5 Å². The summed E-state index contributed by atoms with van der Waals surface area (Å²) in [6.45, 7) is 6.64. The Balaban J connectivity index is 1.60. The van der Waals surface area contributed by atoms with Crippen LogP contribution in [0.1, 0.15) is 48.0 Å². The highest BCUT2D eigenvalue weighted by Crippen LogP contribution is 2.44. The smallest absolute Gasteiger partial charge is 0.262 e. The van der Waals surface area contributed by atoms with Crippen LogP contribution in [0.3, 0.4) is 0 Å². The van der Waals surface area contributed by atoms with Crippen LogP contribution in [0.4, 0.5) is 10.7 Å². The van der Waals surface area contributed by atoms with E-state index < -0.39 is 0 Å². The molecule has 7 heteroatoms. The topological polar surface area (TPSA) is 76.7 Å². The van der Waals surface area contributed by atoms with E-state index in [2.05, 4.69) is 31.4 Å². The van der Waals surface area contributed by atoms with Crippen molar-refractivity contribution < 1.29 is 19.1 Å². The lowest BCUT2D eigenvalue weighted by molar-refractivity contribution is -0.118. The fourth-order valence-electron chi connectivity index (χ4n) is 4.41. The van der Waals surface area contributed by atoms with Crippen molar-refractivity contribution in [1.82, 2.24) is 0 Å². The van der Waals surface area contributed by atoms with Crippen molar-refractivity contribution in [2.24, 2.45) is 11.3 Å². The Bertz CT molecular complexity index is 1200. The molecule has 1 aromatic heterocycles. The molecular weight excluding hydrogens is 460 g/mol. The molecule has 2 aromatic carbocycles. The zero-order valence-corrected chi connectivity index (χ0v) is 21.5. The molecule has 184 valence electrons. The van der Waals surface area contributed by atoms with Crippen LogP contribution in [0.15, 0.2) is 54.6 Å². The van der Waals surface area contributed by atoms with E-state index in [0.29, 0.717) is 33.7 Å². The van der Waals surface area contributed by atoms with Crippen molar-refractivity contribution in [3.63, 3.8) is 0 Å². The number of hydrogen-bond donors (Lipinski definition) is 2. The molecule has 35 heavy (non-hydrogen) atoms. The number of nitrogens with one attached hydrogen (secondary N) is 2. The molecule has 1 heterocycles. The predicted molar refractivity (Wildman–Crippen MR) is 141 cm³/mol. The van der Waals surface area contributed by atoms with Crippen molar-refractivity contribution in [2.75, 3.05) is 24.4 Å². The minimum absolute atomic E-state index is 0.134. The number of ether oxygens (including phenoxy) is 2. The maximum atomic E-state index is 13.5. The molecule has 0 radical (unpaired) electrons. The average Bonchev–Trinajstić information content (AvgIpc) is 3.20. The number of fused-ring (bicyclic) bond motifs is 1. The van der Waals surface area contributed by atoms with Gasteiger partial charge in [0.05, 0.1) is 18.4 Å². The summed E-state index contributed by atoms with van der Waals surface area (Å²) in [7, 11) is 1.57. The maximum absolute atomic E-state index is 13.5. The minimum Gasteiger partial charge on any atom is -0.495 e. The Labute approximate surface area is 210 Å². The maximum Gasteiger partial charge on any atom is 0.262 e. The second-order valence-corrected chi connectivity index (χ2v) is 10.9. The molecule has 6 nitrogen and oxygen atoms in total. The second-order valence-electron chi connectivity index (χ2n) is 9.82. The first-order valence-corrected chi connectivity index (χ1v) is 12.6. The van der Waals surface area contributed by atoms with Crippen molar-refractivity contribution in [3.8, 4) is 11.5 Å². The molecule has 3 aromatic rings. The Morgan fingerprint density at radius 2 is 1.74 bits per heavy atom. The second kappa shape index (κ2) is 10.5. The van der Waals surface area contributed by atoms with Crippen molar-refractivity contribution in [1.29, 1.82) is 0 Å². The van der Waals surface area contributed by atoms with Gasteiger partial charge in [-0.15, -0.1) is 11.3 Å². The van der Waals surface area contributed by atoms with Crippen LogP contribution in [0.2, 0.25) is 0 Å². The van der Waals surface area contributed by atoms with Gasteiger partial charge in [0.15, 0.2) is 6.61 Å². The van der Waals surface area contributed by atoms with Crippen molar-refractivity contribution in [3.05, 3.63) is 70.6 Å². The number of amides is 2. The van der Waals surface area contributed by atoms with E-state index in [-0.39, 0.29) is 23.8 Å². The van der Waals surface area contributed by atoms with Gasteiger partial charge in [-0.25, -0.2) is 0 Å². The third kappa shape index (κ3) is 5.85. The number of anilines is 2. The van der Waals surface area contributed by atoms with E-state index >= 15 is 0 Å². The van der Waals surface area contributed by atoms with Crippen LogP contribution in [0, 0.1) is 11.3 Å². The summed E-state index contributed by atoms with van der Waals surface area (Å²) in [5, 5.41) is 6.50. The van der Waals surface area contributed by atoms with Gasteiger partial charge >= 0.3 is 0 Å². The summed E-state index contributed by atoms with van der Waals surface area (Å²) in [5.41, 5.74) is 2.33. The third-order valence-corrected chi connectivity index (χ3v) is 7.61. The molecule has 0 fully saturated rings. The number of para-hydroxylation sites is 3. The van der Waals surface area contributed by atoms with Crippen LogP contribution >= 0.6 is 11.3 Å². The summed E-state index contributed by atoms with van der Waals surface area (Å²) in [6.07, 6.45) is 2.71. The Kier molecular flexibility index (Phi) is 7.45. The quantitative estimate of drug-likeness (QED) is 0.413. The SMILES string of the molecule is COc1ccccc1NC(=O)c1c(NC(=O)COc2ccccc2)sc2c1CC[C@@H](C(C)(C)C)C2. The summed E-state index contributed by atoms with van der Waals surface area (Å²) in [4.78, 5) is 27.5. The zero-order valence-electron chi connectivity index (χ0n) is 20.6. The van der Waals surface area contributed by atoms with Crippen molar-refractivity contribution in [2.45, 2.75) is 40.0 Å². The number of carbonyl (C=O) groups excluding carboxylic acids is 2. The van der Waals surface area contributed by atoms with E-state index in [4.69, 9.17) is 9.47 Å². The fourth-order valence-corrected chi connectivity index (χ4v) is 5.76. The van der Waals surface area contributed by atoms with E-state index in [9.17, 15) is 9.59 Å². The van der Waals surface area contributed by atoms with Gasteiger partial charge in [-0.3, -0.25) is 9.59 Å². The molecule has 1 aliphatic rings. The molecule has 0 bridgehead atoms. The van der Waals surface area contributed by atoms with Crippen molar-refractivity contribution >= 4 is 33.8 Å². The van der Waals surface area contributed by atoms with Gasteiger partial charge in [-0.05, 0) is 60.4 Å². The standard InChI is InChI=1S/C28H32N2O4S/c1-28(2,3)18-14-15-20-23(16-18)35-27(30-24(31)17-34-19-10-6-5-7-11-19)25(20)26(32)29-21-12-8-9-13-22(21)33-4/h5-13,18H,14-17H2,1-4H3,(H,29,32)(H,30,31)/t18-/m1/s1. The van der Waals surface area contributed by atoms with Crippen LogP contribution in [0.25, 0.3) is 0 Å². The lowest BCUT2D eigenvalue weighted by Gasteiger charge is -2.33. The summed E-state index contributed by atoms with van der Waals surface area (Å²) in [5.74, 6) is 1.17. The first kappa shape index (κ1) is 24.8. The largest absolute Gasteiger partial charge is 0.495 e. The summed E-state index contributed by atoms with van der Waals surface area (Å²) >= 11 is 1.50. The number of hydrogen-bond acceptors (Lipinski definition) is 5. The lowest BCUT2D eigenvalue weighted by atomic mass is 9.72. The number of rotatable bonds is 7. The van der Waals surface area contributed by atoms with Crippen LogP contribution in [-0.4, -0.2) is 25.5 Å². The number of carbonyl (C=O) groups is 2. The minimum atomic E-state index is -0.300.